The number of fused-ring (bicyclic) bond motifs is 1. The van der Waals surface area contributed by atoms with Crippen LogP contribution in [0.5, 0.6) is 0 Å². The Bertz CT molecular complexity index is 407. The second kappa shape index (κ2) is 4.26. The molecule has 86 valence electrons. The molecular weight excluding hydrogens is 202 g/mol. The molecular formula is C13H17NO2. The van der Waals surface area contributed by atoms with Gasteiger partial charge in [0.1, 0.15) is 0 Å². The molecule has 1 unspecified atom stereocenters. The molecule has 0 bridgehead atoms. The Morgan fingerprint density at radius 1 is 1.44 bits per heavy atom. The van der Waals surface area contributed by atoms with Crippen molar-refractivity contribution < 1.29 is 9.90 Å². The van der Waals surface area contributed by atoms with Crippen LogP contribution in [0.15, 0.2) is 12.1 Å². The van der Waals surface area contributed by atoms with Gasteiger partial charge in [-0.1, -0.05) is 19.1 Å². The Morgan fingerprint density at radius 2 is 2.19 bits per heavy atom. The number of aryl methyl sites for hydroxylation is 2. The summed E-state index contributed by atoms with van der Waals surface area (Å²) >= 11 is 0. The maximum atomic E-state index is 11.4. The van der Waals surface area contributed by atoms with Gasteiger partial charge in [0.2, 0.25) is 5.91 Å². The summed E-state index contributed by atoms with van der Waals surface area (Å²) in [5, 5.41) is 12.5. The normalized spacial score (nSPS) is 16.6. The quantitative estimate of drug-likeness (QED) is 0.801. The number of anilines is 1. The van der Waals surface area contributed by atoms with Gasteiger partial charge in [-0.15, -0.1) is 0 Å². The molecule has 1 heterocycles. The molecule has 1 aliphatic heterocycles. The maximum absolute atomic E-state index is 11.4. The van der Waals surface area contributed by atoms with Crippen LogP contribution in [0, 0.1) is 0 Å². The number of carbonyl (C=O) groups excluding carboxylic acids is 1. The van der Waals surface area contributed by atoms with Crippen LogP contribution in [0.3, 0.4) is 0 Å². The first-order valence-electron chi connectivity index (χ1n) is 5.75. The number of rotatable bonds is 2. The lowest BCUT2D eigenvalue weighted by Gasteiger charge is -2.22. The van der Waals surface area contributed by atoms with E-state index in [2.05, 4.69) is 12.2 Å². The summed E-state index contributed by atoms with van der Waals surface area (Å²) in [5.41, 5.74) is 4.16. The lowest BCUT2D eigenvalue weighted by Crippen LogP contribution is -2.20. The Morgan fingerprint density at radius 3 is 2.81 bits per heavy atom. The third-order valence-corrected chi connectivity index (χ3v) is 3.07. The van der Waals surface area contributed by atoms with Crippen molar-refractivity contribution in [2.24, 2.45) is 0 Å². The van der Waals surface area contributed by atoms with Crippen molar-refractivity contribution in [3.05, 3.63) is 28.8 Å². The topological polar surface area (TPSA) is 49.3 Å². The minimum Gasteiger partial charge on any atom is -0.389 e. The first kappa shape index (κ1) is 11.1. The molecule has 0 aromatic heterocycles. The molecule has 1 amide bonds. The van der Waals surface area contributed by atoms with E-state index in [1.807, 2.05) is 12.1 Å². The Hall–Kier alpha value is -1.35. The van der Waals surface area contributed by atoms with Crippen molar-refractivity contribution in [3.63, 3.8) is 0 Å². The second-order valence-electron chi connectivity index (χ2n) is 4.29. The van der Waals surface area contributed by atoms with E-state index in [-0.39, 0.29) is 5.91 Å². The Balaban J connectivity index is 2.50. The molecule has 1 atom stereocenters. The molecule has 0 fully saturated rings. The van der Waals surface area contributed by atoms with E-state index in [4.69, 9.17) is 0 Å². The molecule has 3 heteroatoms. The molecule has 0 aliphatic carbocycles. The molecule has 0 saturated heterocycles. The van der Waals surface area contributed by atoms with Crippen molar-refractivity contribution >= 4 is 11.6 Å². The zero-order valence-corrected chi connectivity index (χ0v) is 9.71. The maximum Gasteiger partial charge on any atom is 0.224 e. The van der Waals surface area contributed by atoms with E-state index in [1.165, 1.54) is 0 Å². The van der Waals surface area contributed by atoms with Crippen molar-refractivity contribution in [1.82, 2.24) is 0 Å². The number of nitrogens with one attached hydrogen (secondary N) is 1. The second-order valence-corrected chi connectivity index (χ2v) is 4.29. The number of hydrogen-bond acceptors (Lipinski definition) is 2. The number of hydrogen-bond donors (Lipinski definition) is 2. The van der Waals surface area contributed by atoms with Gasteiger partial charge in [0.05, 0.1) is 6.10 Å². The van der Waals surface area contributed by atoms with E-state index >= 15 is 0 Å². The van der Waals surface area contributed by atoms with E-state index in [1.54, 1.807) is 6.92 Å². The Labute approximate surface area is 95.5 Å². The third kappa shape index (κ3) is 1.95. The summed E-state index contributed by atoms with van der Waals surface area (Å²) in [5.74, 6) is 0.0898. The van der Waals surface area contributed by atoms with Crippen LogP contribution in [-0.2, 0) is 17.6 Å². The minimum absolute atomic E-state index is 0.0898. The fourth-order valence-corrected chi connectivity index (χ4v) is 2.12. The third-order valence-electron chi connectivity index (χ3n) is 3.07. The molecule has 1 aliphatic rings. The summed E-state index contributed by atoms with van der Waals surface area (Å²) in [6, 6.07) is 3.98. The van der Waals surface area contributed by atoms with Crippen LogP contribution < -0.4 is 5.32 Å². The Kier molecular flexibility index (Phi) is 2.97. The largest absolute Gasteiger partial charge is 0.389 e. The van der Waals surface area contributed by atoms with Crippen molar-refractivity contribution in [1.29, 1.82) is 0 Å². The zero-order valence-electron chi connectivity index (χ0n) is 9.71. The SMILES string of the molecule is CCc1cc(C(C)O)cc2c1NC(=O)CC2. The highest BCUT2D eigenvalue weighted by Crippen LogP contribution is 2.30. The molecule has 0 radical (unpaired) electrons. The van der Waals surface area contributed by atoms with E-state index in [0.717, 1.165) is 35.2 Å². The zero-order chi connectivity index (χ0) is 11.7. The van der Waals surface area contributed by atoms with Gasteiger partial charge in [0, 0.05) is 12.1 Å². The van der Waals surface area contributed by atoms with Crippen molar-refractivity contribution in [3.8, 4) is 0 Å². The predicted molar refractivity (Wildman–Crippen MR) is 63.4 cm³/mol. The van der Waals surface area contributed by atoms with E-state index in [0.29, 0.717) is 6.42 Å². The monoisotopic (exact) mass is 219 g/mol. The van der Waals surface area contributed by atoms with Crippen LogP contribution >= 0.6 is 0 Å². The van der Waals surface area contributed by atoms with Gasteiger partial charge in [-0.3, -0.25) is 4.79 Å². The number of amides is 1. The van der Waals surface area contributed by atoms with E-state index in [9.17, 15) is 9.90 Å². The van der Waals surface area contributed by atoms with Crippen LogP contribution in [0.25, 0.3) is 0 Å². The summed E-state index contributed by atoms with van der Waals surface area (Å²) in [6.07, 6.45) is 1.73. The number of aliphatic hydroxyl groups excluding tert-OH is 1. The highest BCUT2D eigenvalue weighted by Gasteiger charge is 2.19. The van der Waals surface area contributed by atoms with Crippen LogP contribution in [0.4, 0.5) is 5.69 Å². The van der Waals surface area contributed by atoms with Gasteiger partial charge < -0.3 is 10.4 Å². The average Bonchev–Trinajstić information content (AvgIpc) is 2.27. The summed E-state index contributed by atoms with van der Waals surface area (Å²) in [4.78, 5) is 11.4. The number of aliphatic hydroxyl groups is 1. The molecule has 3 nitrogen and oxygen atoms in total. The number of benzene rings is 1. The summed E-state index contributed by atoms with van der Waals surface area (Å²) in [6.45, 7) is 3.82. The van der Waals surface area contributed by atoms with Gasteiger partial charge in [0.15, 0.2) is 0 Å². The van der Waals surface area contributed by atoms with E-state index < -0.39 is 6.10 Å². The fraction of sp³-hybridized carbons (Fsp3) is 0.462. The first-order chi connectivity index (χ1) is 7.61. The van der Waals surface area contributed by atoms with Crippen LogP contribution in [0.1, 0.15) is 43.1 Å². The molecule has 0 spiro atoms. The minimum atomic E-state index is -0.451. The molecule has 16 heavy (non-hydrogen) atoms. The van der Waals surface area contributed by atoms with Gasteiger partial charge in [-0.05, 0) is 36.5 Å². The predicted octanol–water partition coefficient (Wildman–Crippen LogP) is 2.19. The average molecular weight is 219 g/mol. The van der Waals surface area contributed by atoms with Gasteiger partial charge >= 0.3 is 0 Å². The van der Waals surface area contributed by atoms with Gasteiger partial charge in [-0.2, -0.15) is 0 Å². The molecule has 2 rings (SSSR count). The number of carbonyl (C=O) groups is 1. The lowest BCUT2D eigenvalue weighted by molar-refractivity contribution is -0.116. The molecule has 1 aromatic rings. The smallest absolute Gasteiger partial charge is 0.224 e. The summed E-state index contributed by atoms with van der Waals surface area (Å²) < 4.78 is 0. The molecule has 1 aromatic carbocycles. The van der Waals surface area contributed by atoms with Crippen LogP contribution in [0.2, 0.25) is 0 Å². The molecule has 2 N–H and O–H groups in total. The highest BCUT2D eigenvalue weighted by atomic mass is 16.3. The van der Waals surface area contributed by atoms with Gasteiger partial charge in [0.25, 0.3) is 0 Å². The molecule has 0 saturated carbocycles. The first-order valence-corrected chi connectivity index (χ1v) is 5.75. The van der Waals surface area contributed by atoms with Crippen LogP contribution in [-0.4, -0.2) is 11.0 Å². The lowest BCUT2D eigenvalue weighted by atomic mass is 9.93. The van der Waals surface area contributed by atoms with Gasteiger partial charge in [-0.25, -0.2) is 0 Å². The summed E-state index contributed by atoms with van der Waals surface area (Å²) in [7, 11) is 0. The fourth-order valence-electron chi connectivity index (χ4n) is 2.12. The standard InChI is InChI=1S/C13H17NO2/c1-3-9-6-11(8(2)15)7-10-4-5-12(16)14-13(9)10/h6-8,15H,3-5H2,1-2H3,(H,14,16). The van der Waals surface area contributed by atoms with Crippen molar-refractivity contribution in [2.75, 3.05) is 5.32 Å². The van der Waals surface area contributed by atoms with Crippen molar-refractivity contribution in [2.45, 2.75) is 39.2 Å². The highest BCUT2D eigenvalue weighted by molar-refractivity contribution is 5.94.